The molecule has 3 rings (SSSR count). The van der Waals surface area contributed by atoms with Gasteiger partial charge in [-0.05, 0) is 80.3 Å². The van der Waals surface area contributed by atoms with Gasteiger partial charge in [0.1, 0.15) is 11.8 Å². The number of rotatable bonds is 9. The number of carbonyl (C=O) groups is 1. The summed E-state index contributed by atoms with van der Waals surface area (Å²) in [4.78, 5) is 13.2. The second kappa shape index (κ2) is 10.4. The van der Waals surface area contributed by atoms with E-state index < -0.39 is 22.0 Å². The van der Waals surface area contributed by atoms with Crippen LogP contribution < -0.4 is 14.8 Å². The highest BCUT2D eigenvalue weighted by Crippen LogP contribution is 2.18. The maximum Gasteiger partial charge on any atom is 0.242 e. The van der Waals surface area contributed by atoms with Crippen LogP contribution in [0.15, 0.2) is 77.7 Å². The van der Waals surface area contributed by atoms with Crippen LogP contribution in [0.1, 0.15) is 23.6 Å². The largest absolute Gasteiger partial charge is 0.494 e. The molecule has 1 unspecified atom stereocenters. The Bertz CT molecular complexity index is 1140. The minimum atomic E-state index is -3.93. The van der Waals surface area contributed by atoms with Gasteiger partial charge in [0.25, 0.3) is 0 Å². The molecule has 0 radical (unpaired) electrons. The highest BCUT2D eigenvalue weighted by Gasteiger charge is 2.26. The number of aryl methyl sites for hydroxylation is 2. The molecule has 0 saturated carbocycles. The molecule has 32 heavy (non-hydrogen) atoms. The van der Waals surface area contributed by atoms with E-state index in [0.29, 0.717) is 18.0 Å². The zero-order chi connectivity index (χ0) is 23.1. The average Bonchev–Trinajstić information content (AvgIpc) is 2.74. The average molecular weight is 453 g/mol. The number of anilines is 1. The molecule has 0 aromatic heterocycles. The Labute approximate surface area is 189 Å². The Morgan fingerprint density at radius 3 is 2.16 bits per heavy atom. The predicted molar refractivity (Wildman–Crippen MR) is 126 cm³/mol. The Kier molecular flexibility index (Phi) is 7.66. The van der Waals surface area contributed by atoms with Crippen molar-refractivity contribution in [3.8, 4) is 5.75 Å². The summed E-state index contributed by atoms with van der Waals surface area (Å²) in [6.07, 6.45) is 0.216. The van der Waals surface area contributed by atoms with E-state index in [0.717, 1.165) is 16.7 Å². The molecule has 0 heterocycles. The fourth-order valence-corrected chi connectivity index (χ4v) is 4.65. The number of benzene rings is 3. The number of sulfonamides is 1. The third kappa shape index (κ3) is 6.42. The van der Waals surface area contributed by atoms with Crippen molar-refractivity contribution in [2.75, 3.05) is 11.9 Å². The Morgan fingerprint density at radius 2 is 1.56 bits per heavy atom. The zero-order valence-electron chi connectivity index (χ0n) is 18.5. The first-order chi connectivity index (χ1) is 15.3. The van der Waals surface area contributed by atoms with E-state index >= 15 is 0 Å². The normalized spacial score (nSPS) is 12.2. The molecule has 2 N–H and O–H groups in total. The lowest BCUT2D eigenvalue weighted by atomic mass is 10.1. The van der Waals surface area contributed by atoms with Gasteiger partial charge < -0.3 is 10.1 Å². The number of hydrogen-bond acceptors (Lipinski definition) is 4. The van der Waals surface area contributed by atoms with Crippen molar-refractivity contribution in [2.45, 2.75) is 38.1 Å². The fourth-order valence-electron chi connectivity index (χ4n) is 3.45. The van der Waals surface area contributed by atoms with Crippen molar-refractivity contribution in [1.82, 2.24) is 4.72 Å². The van der Waals surface area contributed by atoms with Crippen LogP contribution in [-0.2, 0) is 21.2 Å². The van der Waals surface area contributed by atoms with Crippen molar-refractivity contribution in [3.05, 3.63) is 89.5 Å². The lowest BCUT2D eigenvalue weighted by Gasteiger charge is -2.19. The van der Waals surface area contributed by atoms with E-state index in [-0.39, 0.29) is 11.3 Å². The molecule has 0 spiro atoms. The quantitative estimate of drug-likeness (QED) is 0.509. The van der Waals surface area contributed by atoms with Crippen LogP contribution in [0.5, 0.6) is 5.75 Å². The minimum Gasteiger partial charge on any atom is -0.494 e. The lowest BCUT2D eigenvalue weighted by Crippen LogP contribution is -2.45. The summed E-state index contributed by atoms with van der Waals surface area (Å²) in [5.74, 6) is 0.160. The molecule has 0 aliphatic rings. The molecule has 0 fully saturated rings. The molecule has 6 nitrogen and oxygen atoms in total. The Hall–Kier alpha value is -3.16. The van der Waals surface area contributed by atoms with E-state index in [1.807, 2.05) is 69.3 Å². The summed E-state index contributed by atoms with van der Waals surface area (Å²) in [6, 6.07) is 20.2. The zero-order valence-corrected chi connectivity index (χ0v) is 19.3. The van der Waals surface area contributed by atoms with Crippen molar-refractivity contribution in [2.24, 2.45) is 0 Å². The summed E-state index contributed by atoms with van der Waals surface area (Å²) >= 11 is 0. The topological polar surface area (TPSA) is 84.5 Å². The van der Waals surface area contributed by atoms with E-state index in [1.165, 1.54) is 12.1 Å². The molecular formula is C25H28N2O4S. The van der Waals surface area contributed by atoms with Gasteiger partial charge in [0.05, 0.1) is 11.5 Å². The van der Waals surface area contributed by atoms with Crippen LogP contribution in [0.25, 0.3) is 0 Å². The molecule has 0 aliphatic heterocycles. The van der Waals surface area contributed by atoms with Gasteiger partial charge in [0.2, 0.25) is 15.9 Å². The summed E-state index contributed by atoms with van der Waals surface area (Å²) in [7, 11) is -3.93. The van der Waals surface area contributed by atoms with Gasteiger partial charge in [0, 0.05) is 5.69 Å². The summed E-state index contributed by atoms with van der Waals surface area (Å²) in [5, 5.41) is 2.86. The first kappa shape index (κ1) is 23.5. The number of nitrogens with one attached hydrogen (secondary N) is 2. The first-order valence-corrected chi connectivity index (χ1v) is 11.9. The van der Waals surface area contributed by atoms with Crippen LogP contribution in [0.2, 0.25) is 0 Å². The van der Waals surface area contributed by atoms with Gasteiger partial charge in [-0.3, -0.25) is 4.79 Å². The molecule has 0 saturated heterocycles. The third-order valence-electron chi connectivity index (χ3n) is 4.83. The summed E-state index contributed by atoms with van der Waals surface area (Å²) in [6.45, 7) is 6.23. The summed E-state index contributed by atoms with van der Waals surface area (Å²) in [5.41, 5.74) is 3.50. The number of hydrogen-bond donors (Lipinski definition) is 2. The third-order valence-corrected chi connectivity index (χ3v) is 6.32. The molecule has 0 bridgehead atoms. The molecule has 1 amide bonds. The maximum absolute atomic E-state index is 13.1. The van der Waals surface area contributed by atoms with Crippen LogP contribution in [0.4, 0.5) is 5.69 Å². The highest BCUT2D eigenvalue weighted by atomic mass is 32.2. The Balaban J connectivity index is 1.85. The molecule has 168 valence electrons. The van der Waals surface area contributed by atoms with Gasteiger partial charge in [-0.1, -0.05) is 36.4 Å². The van der Waals surface area contributed by atoms with Gasteiger partial charge in [-0.25, -0.2) is 8.42 Å². The van der Waals surface area contributed by atoms with Crippen LogP contribution >= 0.6 is 0 Å². The maximum atomic E-state index is 13.1. The van der Waals surface area contributed by atoms with E-state index in [4.69, 9.17) is 4.74 Å². The Morgan fingerprint density at radius 1 is 0.938 bits per heavy atom. The minimum absolute atomic E-state index is 0.0678. The van der Waals surface area contributed by atoms with Crippen molar-refractivity contribution in [1.29, 1.82) is 0 Å². The monoisotopic (exact) mass is 452 g/mol. The highest BCUT2D eigenvalue weighted by molar-refractivity contribution is 7.89. The fraction of sp³-hybridized carbons (Fsp3) is 0.240. The van der Waals surface area contributed by atoms with Crippen LogP contribution in [0, 0.1) is 13.8 Å². The first-order valence-electron chi connectivity index (χ1n) is 10.4. The van der Waals surface area contributed by atoms with Crippen molar-refractivity contribution in [3.63, 3.8) is 0 Å². The molecule has 3 aromatic carbocycles. The molecule has 0 aliphatic carbocycles. The number of ether oxygens (including phenoxy) is 1. The molecule has 3 aromatic rings. The second-order valence-corrected chi connectivity index (χ2v) is 9.35. The van der Waals surface area contributed by atoms with Gasteiger partial charge in [0.15, 0.2) is 0 Å². The number of carbonyl (C=O) groups excluding carboxylic acids is 1. The van der Waals surface area contributed by atoms with Gasteiger partial charge >= 0.3 is 0 Å². The van der Waals surface area contributed by atoms with Crippen LogP contribution in [0.3, 0.4) is 0 Å². The number of amides is 1. The van der Waals surface area contributed by atoms with E-state index in [9.17, 15) is 13.2 Å². The molecule has 1 atom stereocenters. The molecular weight excluding hydrogens is 424 g/mol. The lowest BCUT2D eigenvalue weighted by molar-refractivity contribution is -0.117. The van der Waals surface area contributed by atoms with Gasteiger partial charge in [-0.2, -0.15) is 4.72 Å². The second-order valence-electron chi connectivity index (χ2n) is 7.63. The van der Waals surface area contributed by atoms with Crippen molar-refractivity contribution >= 4 is 21.6 Å². The van der Waals surface area contributed by atoms with Crippen molar-refractivity contribution < 1.29 is 17.9 Å². The van der Waals surface area contributed by atoms with E-state index in [1.54, 1.807) is 12.1 Å². The van der Waals surface area contributed by atoms with Crippen LogP contribution in [-0.4, -0.2) is 27.0 Å². The van der Waals surface area contributed by atoms with E-state index in [2.05, 4.69) is 10.0 Å². The predicted octanol–water partition coefficient (Wildman–Crippen LogP) is 4.23. The summed E-state index contributed by atoms with van der Waals surface area (Å²) < 4.78 is 34.0. The standard InChI is InChI=1S/C25H28N2O4S/c1-4-31-22-10-12-23(13-11-22)32(29,30)27-24(17-20-8-6-5-7-9-20)25(28)26-21-15-18(2)14-19(3)16-21/h5-16,24,27H,4,17H2,1-3H3,(H,26,28). The SMILES string of the molecule is CCOc1ccc(S(=O)(=O)NC(Cc2ccccc2)C(=O)Nc2cc(C)cc(C)c2)cc1. The smallest absolute Gasteiger partial charge is 0.242 e. The van der Waals surface area contributed by atoms with Gasteiger partial charge in [-0.15, -0.1) is 0 Å². The molecule has 7 heteroatoms.